The highest BCUT2D eigenvalue weighted by Gasteiger charge is 2.35. The first-order valence-corrected chi connectivity index (χ1v) is 8.44. The molecule has 3 rings (SSSR count). The topological polar surface area (TPSA) is 36.4 Å². The fourth-order valence-corrected chi connectivity index (χ4v) is 4.66. The number of thiazole rings is 1. The smallest absolute Gasteiger partial charge is 0.186 e. The third-order valence-electron chi connectivity index (χ3n) is 4.77. The van der Waals surface area contributed by atoms with E-state index in [9.17, 15) is 4.79 Å². The van der Waals surface area contributed by atoms with Gasteiger partial charge in [0.2, 0.25) is 0 Å². The van der Waals surface area contributed by atoms with Crippen LogP contribution in [0.2, 0.25) is 0 Å². The number of hydrogen-bond acceptors (Lipinski definition) is 5. The quantitative estimate of drug-likeness (QED) is 0.802. The van der Waals surface area contributed by atoms with Crippen molar-refractivity contribution < 1.29 is 4.79 Å². The summed E-state index contributed by atoms with van der Waals surface area (Å²) in [4.78, 5) is 21.5. The third-order valence-corrected chi connectivity index (χ3v) is 5.86. The summed E-state index contributed by atoms with van der Waals surface area (Å²) in [5, 5.41) is 1.05. The molecule has 5 heteroatoms. The Balaban J connectivity index is 1.75. The van der Waals surface area contributed by atoms with E-state index in [0.717, 1.165) is 53.5 Å². The summed E-state index contributed by atoms with van der Waals surface area (Å²) < 4.78 is 0. The Morgan fingerprint density at radius 1 is 1.40 bits per heavy atom. The zero-order valence-electron chi connectivity index (χ0n) is 12.3. The van der Waals surface area contributed by atoms with Crippen LogP contribution in [0.1, 0.15) is 41.6 Å². The van der Waals surface area contributed by atoms with Crippen molar-refractivity contribution in [2.24, 2.45) is 5.92 Å². The number of anilines is 1. The van der Waals surface area contributed by atoms with Crippen molar-refractivity contribution in [3.8, 4) is 0 Å². The second-order valence-electron chi connectivity index (χ2n) is 5.96. The van der Waals surface area contributed by atoms with E-state index in [1.165, 1.54) is 25.8 Å². The molecule has 2 aliphatic heterocycles. The van der Waals surface area contributed by atoms with E-state index in [-0.39, 0.29) is 0 Å². The normalized spacial score (nSPS) is 27.4. The first-order chi connectivity index (χ1) is 9.72. The molecule has 0 N–H and O–H groups in total. The SMILES string of the molecule is CCc1nc(N2CCC3C(CCCN3C)C2)sc1C=O. The molecule has 0 bridgehead atoms. The standard InChI is InChI=1S/C15H23N3OS/c1-3-12-14(10-19)20-15(16-12)18-8-6-13-11(9-18)5-4-7-17(13)2/h10-11,13H,3-9H2,1-2H3. The van der Waals surface area contributed by atoms with Crippen LogP contribution in [0.15, 0.2) is 0 Å². The van der Waals surface area contributed by atoms with Gasteiger partial charge in [-0.25, -0.2) is 4.98 Å². The Morgan fingerprint density at radius 3 is 2.95 bits per heavy atom. The maximum atomic E-state index is 11.1. The Labute approximate surface area is 124 Å². The number of carbonyl (C=O) groups is 1. The number of aldehydes is 1. The van der Waals surface area contributed by atoms with Crippen LogP contribution in [-0.2, 0) is 6.42 Å². The van der Waals surface area contributed by atoms with E-state index in [2.05, 4.69) is 28.8 Å². The number of hydrogen-bond donors (Lipinski definition) is 0. The second-order valence-corrected chi connectivity index (χ2v) is 6.97. The van der Waals surface area contributed by atoms with Crippen LogP contribution in [0.3, 0.4) is 0 Å². The average molecular weight is 293 g/mol. The maximum absolute atomic E-state index is 11.1. The van der Waals surface area contributed by atoms with Crippen molar-refractivity contribution in [3.63, 3.8) is 0 Å². The number of piperidine rings is 2. The fourth-order valence-electron chi connectivity index (χ4n) is 3.66. The fraction of sp³-hybridized carbons (Fsp3) is 0.733. The van der Waals surface area contributed by atoms with Crippen LogP contribution in [-0.4, -0.2) is 48.9 Å². The van der Waals surface area contributed by atoms with E-state index in [4.69, 9.17) is 0 Å². The minimum atomic E-state index is 0.746. The Hall–Kier alpha value is -0.940. The monoisotopic (exact) mass is 293 g/mol. The number of fused-ring (bicyclic) bond motifs is 1. The molecule has 2 saturated heterocycles. The maximum Gasteiger partial charge on any atom is 0.186 e. The molecule has 2 fully saturated rings. The lowest BCUT2D eigenvalue weighted by Gasteiger charge is -2.45. The molecule has 0 aromatic carbocycles. The van der Waals surface area contributed by atoms with Crippen molar-refractivity contribution in [1.82, 2.24) is 9.88 Å². The molecule has 2 aliphatic rings. The van der Waals surface area contributed by atoms with E-state index in [0.29, 0.717) is 0 Å². The second kappa shape index (κ2) is 5.82. The minimum absolute atomic E-state index is 0.746. The van der Waals surface area contributed by atoms with Crippen molar-refractivity contribution in [2.45, 2.75) is 38.6 Å². The largest absolute Gasteiger partial charge is 0.348 e. The lowest BCUT2D eigenvalue weighted by Crippen LogP contribution is -2.52. The van der Waals surface area contributed by atoms with Gasteiger partial charge in [0.1, 0.15) is 0 Å². The van der Waals surface area contributed by atoms with Gasteiger partial charge in [-0.3, -0.25) is 4.79 Å². The summed E-state index contributed by atoms with van der Waals surface area (Å²) in [6.45, 7) is 5.48. The van der Waals surface area contributed by atoms with Gasteiger partial charge in [0.05, 0.1) is 10.6 Å². The van der Waals surface area contributed by atoms with E-state index in [1.54, 1.807) is 11.3 Å². The third kappa shape index (κ3) is 2.49. The van der Waals surface area contributed by atoms with E-state index >= 15 is 0 Å². The van der Waals surface area contributed by atoms with Crippen molar-refractivity contribution in [3.05, 3.63) is 10.6 Å². The van der Waals surface area contributed by atoms with Crippen molar-refractivity contribution >= 4 is 22.8 Å². The van der Waals surface area contributed by atoms with Gasteiger partial charge in [0.15, 0.2) is 11.4 Å². The van der Waals surface area contributed by atoms with Crippen LogP contribution < -0.4 is 4.90 Å². The van der Waals surface area contributed by atoms with Gasteiger partial charge < -0.3 is 9.80 Å². The number of likely N-dealkylation sites (tertiary alicyclic amines) is 1. The summed E-state index contributed by atoms with van der Waals surface area (Å²) in [6, 6.07) is 0.746. The summed E-state index contributed by atoms with van der Waals surface area (Å²) in [5.74, 6) is 0.760. The van der Waals surface area contributed by atoms with Gasteiger partial charge in [-0.05, 0) is 45.2 Å². The molecular weight excluding hydrogens is 270 g/mol. The first kappa shape index (κ1) is 14.0. The minimum Gasteiger partial charge on any atom is -0.348 e. The molecule has 2 unspecified atom stereocenters. The molecule has 20 heavy (non-hydrogen) atoms. The highest BCUT2D eigenvalue weighted by molar-refractivity contribution is 7.17. The lowest BCUT2D eigenvalue weighted by molar-refractivity contribution is 0.102. The van der Waals surface area contributed by atoms with Gasteiger partial charge in [0.25, 0.3) is 0 Å². The van der Waals surface area contributed by atoms with Crippen LogP contribution in [0.25, 0.3) is 0 Å². The molecule has 0 radical (unpaired) electrons. The molecule has 110 valence electrons. The predicted molar refractivity (Wildman–Crippen MR) is 82.9 cm³/mol. The lowest BCUT2D eigenvalue weighted by atomic mass is 9.84. The number of aromatic nitrogens is 1. The molecule has 0 amide bonds. The Bertz CT molecular complexity index is 487. The van der Waals surface area contributed by atoms with Gasteiger partial charge >= 0.3 is 0 Å². The molecule has 1 aromatic heterocycles. The van der Waals surface area contributed by atoms with E-state index < -0.39 is 0 Å². The Morgan fingerprint density at radius 2 is 2.25 bits per heavy atom. The van der Waals surface area contributed by atoms with Crippen LogP contribution in [0, 0.1) is 5.92 Å². The van der Waals surface area contributed by atoms with Crippen LogP contribution in [0.4, 0.5) is 5.13 Å². The molecule has 0 saturated carbocycles. The molecule has 4 nitrogen and oxygen atoms in total. The van der Waals surface area contributed by atoms with Gasteiger partial charge in [-0.2, -0.15) is 0 Å². The molecular formula is C15H23N3OS. The van der Waals surface area contributed by atoms with Crippen LogP contribution >= 0.6 is 11.3 Å². The number of aryl methyl sites for hydroxylation is 1. The summed E-state index contributed by atoms with van der Waals surface area (Å²) in [7, 11) is 2.26. The van der Waals surface area contributed by atoms with Gasteiger partial charge in [0, 0.05) is 19.1 Å². The zero-order valence-corrected chi connectivity index (χ0v) is 13.2. The first-order valence-electron chi connectivity index (χ1n) is 7.63. The molecule has 1 aromatic rings. The van der Waals surface area contributed by atoms with Gasteiger partial charge in [-0.1, -0.05) is 18.3 Å². The van der Waals surface area contributed by atoms with Crippen LogP contribution in [0.5, 0.6) is 0 Å². The van der Waals surface area contributed by atoms with Crippen molar-refractivity contribution in [2.75, 3.05) is 31.6 Å². The number of rotatable bonds is 3. The molecule has 2 atom stereocenters. The zero-order chi connectivity index (χ0) is 14.1. The predicted octanol–water partition coefficient (Wildman–Crippen LogP) is 2.44. The molecule has 0 aliphatic carbocycles. The highest BCUT2D eigenvalue weighted by atomic mass is 32.1. The molecule has 0 spiro atoms. The summed E-state index contributed by atoms with van der Waals surface area (Å²) in [5.41, 5.74) is 0.961. The Kier molecular flexibility index (Phi) is 4.08. The summed E-state index contributed by atoms with van der Waals surface area (Å²) in [6.07, 6.45) is 5.66. The average Bonchev–Trinajstić information content (AvgIpc) is 2.90. The highest BCUT2D eigenvalue weighted by Crippen LogP contribution is 2.34. The summed E-state index contributed by atoms with van der Waals surface area (Å²) >= 11 is 1.56. The number of nitrogens with zero attached hydrogens (tertiary/aromatic N) is 3. The van der Waals surface area contributed by atoms with Gasteiger partial charge in [-0.15, -0.1) is 0 Å². The van der Waals surface area contributed by atoms with Crippen molar-refractivity contribution in [1.29, 1.82) is 0 Å². The number of carbonyl (C=O) groups excluding carboxylic acids is 1. The molecule has 3 heterocycles. The van der Waals surface area contributed by atoms with E-state index in [1.807, 2.05) is 0 Å².